The molecule has 0 saturated heterocycles. The van der Waals surface area contributed by atoms with Crippen LogP contribution in [0, 0.1) is 5.92 Å². The number of hydrogen-bond acceptors (Lipinski definition) is 3. The van der Waals surface area contributed by atoms with Gasteiger partial charge < -0.3 is 16.0 Å². The van der Waals surface area contributed by atoms with E-state index in [4.69, 9.17) is 0 Å². The highest BCUT2D eigenvalue weighted by atomic mass is 16.2. The summed E-state index contributed by atoms with van der Waals surface area (Å²) in [6, 6.07) is 7.50. The van der Waals surface area contributed by atoms with Crippen LogP contribution in [0.25, 0.3) is 0 Å². The van der Waals surface area contributed by atoms with Gasteiger partial charge in [-0.1, -0.05) is 40.5 Å². The van der Waals surface area contributed by atoms with Gasteiger partial charge in [0, 0.05) is 29.9 Å². The first-order chi connectivity index (χ1) is 13.9. The number of anilines is 1. The smallest absolute Gasteiger partial charge is 0.319 e. The van der Waals surface area contributed by atoms with E-state index in [0.29, 0.717) is 35.8 Å². The Morgan fingerprint density at radius 3 is 2.24 bits per heavy atom. The number of carbonyl (C=O) groups is 2. The largest absolute Gasteiger partial charge is 0.349 e. The van der Waals surface area contributed by atoms with E-state index in [2.05, 4.69) is 48.5 Å². The molecule has 1 unspecified atom stereocenters. The van der Waals surface area contributed by atoms with Gasteiger partial charge in [-0.2, -0.15) is 0 Å². The highest BCUT2D eigenvalue weighted by Crippen LogP contribution is 2.18. The van der Waals surface area contributed by atoms with E-state index in [1.807, 2.05) is 0 Å². The Hall–Kier alpha value is -2.08. The van der Waals surface area contributed by atoms with Crippen molar-refractivity contribution in [3.8, 4) is 0 Å². The van der Waals surface area contributed by atoms with Crippen LogP contribution in [0.4, 0.5) is 10.5 Å². The zero-order valence-corrected chi connectivity index (χ0v) is 18.5. The predicted molar refractivity (Wildman–Crippen MR) is 119 cm³/mol. The third kappa shape index (κ3) is 7.69. The molecule has 1 aromatic carbocycles. The molecule has 0 bridgehead atoms. The summed E-state index contributed by atoms with van der Waals surface area (Å²) < 4.78 is 0. The fourth-order valence-electron chi connectivity index (χ4n) is 4.08. The van der Waals surface area contributed by atoms with Crippen LogP contribution in [0.1, 0.15) is 70.2 Å². The first-order valence-electron chi connectivity index (χ1n) is 11.1. The molecule has 0 aliphatic heterocycles. The minimum Gasteiger partial charge on any atom is -0.349 e. The van der Waals surface area contributed by atoms with Crippen molar-refractivity contribution in [1.82, 2.24) is 15.5 Å². The Morgan fingerprint density at radius 2 is 1.69 bits per heavy atom. The van der Waals surface area contributed by atoms with Crippen LogP contribution in [0.2, 0.25) is 0 Å². The molecule has 6 nitrogen and oxygen atoms in total. The summed E-state index contributed by atoms with van der Waals surface area (Å²) in [5.41, 5.74) is 1.31. The highest BCUT2D eigenvalue weighted by Gasteiger charge is 2.19. The van der Waals surface area contributed by atoms with Crippen molar-refractivity contribution in [3.63, 3.8) is 0 Å². The second kappa shape index (κ2) is 11.8. The molecule has 0 aromatic heterocycles. The number of hydrogen-bond donors (Lipinski definition) is 3. The van der Waals surface area contributed by atoms with Crippen molar-refractivity contribution in [2.45, 2.75) is 71.9 Å². The van der Waals surface area contributed by atoms with Crippen LogP contribution in [-0.4, -0.2) is 48.6 Å². The molecule has 1 fully saturated rings. The van der Waals surface area contributed by atoms with Crippen LogP contribution in [0.3, 0.4) is 0 Å². The number of rotatable bonds is 10. The van der Waals surface area contributed by atoms with Crippen molar-refractivity contribution >= 4 is 17.6 Å². The lowest BCUT2D eigenvalue weighted by molar-refractivity contribution is 0.0938. The molecule has 3 amide bonds. The molecular weight excluding hydrogens is 364 g/mol. The normalized spacial score (nSPS) is 15.5. The van der Waals surface area contributed by atoms with Gasteiger partial charge in [0.2, 0.25) is 0 Å². The number of carbonyl (C=O) groups excluding carboxylic acids is 2. The average Bonchev–Trinajstić information content (AvgIpc) is 3.20. The molecule has 1 aliphatic rings. The number of likely N-dealkylation sites (N-methyl/N-ethyl adjacent to an activating group) is 1. The molecule has 6 heteroatoms. The summed E-state index contributed by atoms with van der Waals surface area (Å²) >= 11 is 0. The molecule has 1 aromatic rings. The quantitative estimate of drug-likeness (QED) is 0.548. The minimum atomic E-state index is -0.214. The summed E-state index contributed by atoms with van der Waals surface area (Å²) in [6.07, 6.45) is 5.56. The van der Waals surface area contributed by atoms with Crippen LogP contribution < -0.4 is 16.0 Å². The van der Waals surface area contributed by atoms with E-state index in [9.17, 15) is 9.59 Å². The van der Waals surface area contributed by atoms with Gasteiger partial charge >= 0.3 is 6.03 Å². The van der Waals surface area contributed by atoms with E-state index in [1.165, 1.54) is 12.8 Å². The van der Waals surface area contributed by atoms with Crippen LogP contribution in [0.5, 0.6) is 0 Å². The number of benzene rings is 1. The maximum absolute atomic E-state index is 12.3. The lowest BCUT2D eigenvalue weighted by atomic mass is 10.0. The van der Waals surface area contributed by atoms with Gasteiger partial charge in [-0.15, -0.1) is 0 Å². The second-order valence-electron chi connectivity index (χ2n) is 8.37. The van der Waals surface area contributed by atoms with Crippen molar-refractivity contribution in [3.05, 3.63) is 29.8 Å². The van der Waals surface area contributed by atoms with Crippen molar-refractivity contribution in [2.24, 2.45) is 5.92 Å². The van der Waals surface area contributed by atoms with E-state index in [0.717, 1.165) is 32.4 Å². The Bertz CT molecular complexity index is 635. The lowest BCUT2D eigenvalue weighted by Crippen LogP contribution is -2.45. The van der Waals surface area contributed by atoms with Gasteiger partial charge in [0.05, 0.1) is 0 Å². The Morgan fingerprint density at radius 1 is 1.07 bits per heavy atom. The standard InChI is InChI=1S/C23H38N4O2/c1-5-27(6-2)21(15-17(3)4)16-24-23(29)26-20-13-11-18(12-14-20)22(28)25-19-9-7-8-10-19/h11-14,17,19,21H,5-10,15-16H2,1-4H3,(H,25,28)(H2,24,26,29). The number of nitrogens with zero attached hydrogens (tertiary/aromatic N) is 1. The molecule has 1 atom stereocenters. The van der Waals surface area contributed by atoms with Gasteiger partial charge in [-0.05, 0) is 62.5 Å². The van der Waals surface area contributed by atoms with Crippen LogP contribution in [-0.2, 0) is 0 Å². The molecule has 2 rings (SSSR count). The van der Waals surface area contributed by atoms with Gasteiger partial charge in [0.25, 0.3) is 5.91 Å². The van der Waals surface area contributed by atoms with E-state index >= 15 is 0 Å². The molecular formula is C23H38N4O2. The average molecular weight is 403 g/mol. The fourth-order valence-corrected chi connectivity index (χ4v) is 4.08. The van der Waals surface area contributed by atoms with Crippen LogP contribution in [0.15, 0.2) is 24.3 Å². The molecule has 0 spiro atoms. The zero-order valence-electron chi connectivity index (χ0n) is 18.5. The lowest BCUT2D eigenvalue weighted by Gasteiger charge is -2.31. The van der Waals surface area contributed by atoms with Gasteiger partial charge in [0.1, 0.15) is 0 Å². The molecule has 162 valence electrons. The van der Waals surface area contributed by atoms with Crippen molar-refractivity contribution in [1.29, 1.82) is 0 Å². The van der Waals surface area contributed by atoms with Gasteiger partial charge in [0.15, 0.2) is 0 Å². The number of nitrogens with one attached hydrogen (secondary N) is 3. The molecule has 0 heterocycles. The van der Waals surface area contributed by atoms with E-state index in [-0.39, 0.29) is 11.9 Å². The third-order valence-electron chi connectivity index (χ3n) is 5.67. The SMILES string of the molecule is CCN(CC)C(CNC(=O)Nc1ccc(C(=O)NC2CCCC2)cc1)CC(C)C. The number of amides is 3. The fraction of sp³-hybridized carbons (Fsp3) is 0.652. The van der Waals surface area contributed by atoms with Crippen LogP contribution >= 0.6 is 0 Å². The minimum absolute atomic E-state index is 0.0383. The molecule has 1 saturated carbocycles. The second-order valence-corrected chi connectivity index (χ2v) is 8.37. The van der Waals surface area contributed by atoms with E-state index < -0.39 is 0 Å². The zero-order chi connectivity index (χ0) is 21.2. The first-order valence-corrected chi connectivity index (χ1v) is 11.1. The topological polar surface area (TPSA) is 73.5 Å². The Labute approximate surface area is 175 Å². The summed E-state index contributed by atoms with van der Waals surface area (Å²) in [7, 11) is 0. The maximum atomic E-state index is 12.3. The molecule has 1 aliphatic carbocycles. The molecule has 0 radical (unpaired) electrons. The first kappa shape index (κ1) is 23.2. The highest BCUT2D eigenvalue weighted by molar-refractivity contribution is 5.95. The molecule has 29 heavy (non-hydrogen) atoms. The predicted octanol–water partition coefficient (Wildman–Crippen LogP) is 4.24. The van der Waals surface area contributed by atoms with E-state index in [1.54, 1.807) is 24.3 Å². The number of urea groups is 1. The Kier molecular flexibility index (Phi) is 9.45. The Balaban J connectivity index is 1.83. The summed E-state index contributed by atoms with van der Waals surface area (Å²) in [5.74, 6) is 0.539. The maximum Gasteiger partial charge on any atom is 0.319 e. The summed E-state index contributed by atoms with van der Waals surface area (Å²) in [4.78, 5) is 27.0. The third-order valence-corrected chi connectivity index (χ3v) is 5.67. The van der Waals surface area contributed by atoms with Crippen molar-refractivity contribution < 1.29 is 9.59 Å². The summed E-state index contributed by atoms with van der Waals surface area (Å²) in [6.45, 7) is 11.3. The summed E-state index contributed by atoms with van der Waals surface area (Å²) in [5, 5.41) is 8.95. The monoisotopic (exact) mass is 402 g/mol. The van der Waals surface area contributed by atoms with Crippen molar-refractivity contribution in [2.75, 3.05) is 25.0 Å². The molecule has 3 N–H and O–H groups in total. The van der Waals surface area contributed by atoms with Gasteiger partial charge in [-0.25, -0.2) is 4.79 Å². The van der Waals surface area contributed by atoms with Gasteiger partial charge in [-0.3, -0.25) is 9.69 Å².